The van der Waals surface area contributed by atoms with Crippen LogP contribution in [0.5, 0.6) is 5.75 Å². The Kier molecular flexibility index (Phi) is 2.95. The number of rotatable bonds is 3. The summed E-state index contributed by atoms with van der Waals surface area (Å²) in [5.41, 5.74) is 1.34. The summed E-state index contributed by atoms with van der Waals surface area (Å²) in [5.74, 6) is -0.126. The summed E-state index contributed by atoms with van der Waals surface area (Å²) in [7, 11) is 0. The number of carbonyl (C=O) groups is 1. The molecule has 20 heavy (non-hydrogen) atoms. The highest BCUT2D eigenvalue weighted by atomic mass is 16.3. The summed E-state index contributed by atoms with van der Waals surface area (Å²) in [4.78, 5) is 11.7. The zero-order chi connectivity index (χ0) is 14.2. The van der Waals surface area contributed by atoms with Crippen LogP contribution in [0.3, 0.4) is 0 Å². The number of anilines is 1. The third-order valence-electron chi connectivity index (χ3n) is 3.47. The van der Waals surface area contributed by atoms with Crippen LogP contribution >= 0.6 is 0 Å². The number of amides is 1. The van der Waals surface area contributed by atoms with Gasteiger partial charge in [-0.15, -0.1) is 0 Å². The Hall–Kier alpha value is -2.33. The fourth-order valence-electron chi connectivity index (χ4n) is 2.02. The van der Waals surface area contributed by atoms with Crippen molar-refractivity contribution in [2.45, 2.75) is 18.4 Å². The number of hydrogen-bond donors (Lipinski definition) is 3. The predicted octanol–water partition coefficient (Wildman–Crippen LogP) is 2.52. The first kappa shape index (κ1) is 12.7. The first-order chi connectivity index (χ1) is 9.57. The maximum absolute atomic E-state index is 11.7. The van der Waals surface area contributed by atoms with Gasteiger partial charge in [0, 0.05) is 5.69 Å². The van der Waals surface area contributed by atoms with E-state index < -0.39 is 5.60 Å². The van der Waals surface area contributed by atoms with E-state index in [2.05, 4.69) is 5.32 Å². The van der Waals surface area contributed by atoms with E-state index in [4.69, 9.17) is 0 Å². The Bertz CT molecular complexity index is 645. The van der Waals surface area contributed by atoms with E-state index in [0.717, 1.165) is 11.1 Å². The van der Waals surface area contributed by atoms with Crippen molar-refractivity contribution >= 4 is 11.6 Å². The molecule has 4 nitrogen and oxygen atoms in total. The molecule has 0 heterocycles. The molecule has 2 aromatic carbocycles. The lowest BCUT2D eigenvalue weighted by atomic mass is 10.1. The van der Waals surface area contributed by atoms with Crippen molar-refractivity contribution in [2.24, 2.45) is 0 Å². The number of phenolic OH excluding ortho intramolecular Hbond substituents is 1. The third kappa shape index (κ3) is 2.51. The van der Waals surface area contributed by atoms with Crippen molar-refractivity contribution in [3.05, 3.63) is 48.5 Å². The highest BCUT2D eigenvalue weighted by molar-refractivity contribution is 5.99. The van der Waals surface area contributed by atoms with Gasteiger partial charge in [-0.05, 0) is 48.2 Å². The number of benzene rings is 2. The maximum atomic E-state index is 11.7. The fraction of sp³-hybridized carbons (Fsp3) is 0.188. The van der Waals surface area contributed by atoms with Gasteiger partial charge in [-0.3, -0.25) is 4.79 Å². The first-order valence-electron chi connectivity index (χ1n) is 6.50. The van der Waals surface area contributed by atoms with E-state index in [0.29, 0.717) is 18.5 Å². The SMILES string of the molecule is O=C(Nc1ccc(-c2cccc(O)c2)cc1)C1(O)CC1. The fourth-order valence-corrected chi connectivity index (χ4v) is 2.02. The molecule has 4 heteroatoms. The second-order valence-corrected chi connectivity index (χ2v) is 5.11. The number of nitrogens with one attached hydrogen (secondary N) is 1. The van der Waals surface area contributed by atoms with Crippen molar-refractivity contribution in [1.29, 1.82) is 0 Å². The van der Waals surface area contributed by atoms with Gasteiger partial charge in [0.2, 0.25) is 0 Å². The minimum Gasteiger partial charge on any atom is -0.508 e. The summed E-state index contributed by atoms with van der Waals surface area (Å²) < 4.78 is 0. The lowest BCUT2D eigenvalue weighted by Crippen LogP contribution is -2.29. The Morgan fingerprint density at radius 3 is 2.35 bits per heavy atom. The quantitative estimate of drug-likeness (QED) is 0.802. The average molecular weight is 269 g/mol. The molecular weight excluding hydrogens is 254 g/mol. The molecule has 1 saturated carbocycles. The summed E-state index contributed by atoms with van der Waals surface area (Å²) in [5, 5.41) is 21.8. The minimum atomic E-state index is -1.16. The first-order valence-corrected chi connectivity index (χ1v) is 6.50. The van der Waals surface area contributed by atoms with E-state index in [9.17, 15) is 15.0 Å². The Morgan fingerprint density at radius 1 is 1.05 bits per heavy atom. The molecule has 0 aliphatic heterocycles. The van der Waals surface area contributed by atoms with E-state index in [1.807, 2.05) is 18.2 Å². The van der Waals surface area contributed by atoms with Crippen LogP contribution < -0.4 is 5.32 Å². The van der Waals surface area contributed by atoms with Crippen molar-refractivity contribution in [3.8, 4) is 16.9 Å². The van der Waals surface area contributed by atoms with E-state index in [-0.39, 0.29) is 11.7 Å². The Morgan fingerprint density at radius 2 is 1.75 bits per heavy atom. The number of carbonyl (C=O) groups excluding carboxylic acids is 1. The molecule has 1 aliphatic carbocycles. The predicted molar refractivity (Wildman–Crippen MR) is 76.4 cm³/mol. The monoisotopic (exact) mass is 269 g/mol. The summed E-state index contributed by atoms with van der Waals surface area (Å²) in [6.45, 7) is 0. The van der Waals surface area contributed by atoms with Crippen LogP contribution in [0, 0.1) is 0 Å². The minimum absolute atomic E-state index is 0.218. The molecule has 0 spiro atoms. The molecule has 0 aromatic heterocycles. The summed E-state index contributed by atoms with van der Waals surface area (Å²) in [6, 6.07) is 14.3. The van der Waals surface area contributed by atoms with Gasteiger partial charge in [0.15, 0.2) is 0 Å². The molecule has 1 amide bonds. The van der Waals surface area contributed by atoms with Gasteiger partial charge in [-0.1, -0.05) is 24.3 Å². The van der Waals surface area contributed by atoms with Crippen molar-refractivity contribution < 1.29 is 15.0 Å². The third-order valence-corrected chi connectivity index (χ3v) is 3.47. The standard InChI is InChI=1S/C16H15NO3/c18-14-3-1-2-12(10-14)11-4-6-13(7-5-11)17-15(19)16(20)8-9-16/h1-7,10,18,20H,8-9H2,(H,17,19). The highest BCUT2D eigenvalue weighted by Crippen LogP contribution is 2.36. The van der Waals surface area contributed by atoms with Gasteiger partial charge in [-0.25, -0.2) is 0 Å². The molecule has 3 N–H and O–H groups in total. The topological polar surface area (TPSA) is 69.6 Å². The molecule has 0 bridgehead atoms. The molecule has 1 aliphatic rings. The van der Waals surface area contributed by atoms with Gasteiger partial charge in [0.1, 0.15) is 11.4 Å². The molecule has 1 fully saturated rings. The van der Waals surface area contributed by atoms with Gasteiger partial charge >= 0.3 is 0 Å². The van der Waals surface area contributed by atoms with Crippen LogP contribution in [0.4, 0.5) is 5.69 Å². The molecular formula is C16H15NO3. The second kappa shape index (κ2) is 4.65. The number of aliphatic hydroxyl groups is 1. The van der Waals surface area contributed by atoms with Gasteiger partial charge in [0.25, 0.3) is 5.91 Å². The van der Waals surface area contributed by atoms with E-state index >= 15 is 0 Å². The van der Waals surface area contributed by atoms with Crippen molar-refractivity contribution in [1.82, 2.24) is 0 Å². The smallest absolute Gasteiger partial charge is 0.256 e. The van der Waals surface area contributed by atoms with Crippen LogP contribution in [0.15, 0.2) is 48.5 Å². The second-order valence-electron chi connectivity index (χ2n) is 5.11. The van der Waals surface area contributed by atoms with Crippen molar-refractivity contribution in [2.75, 3.05) is 5.32 Å². The molecule has 0 saturated heterocycles. The zero-order valence-corrected chi connectivity index (χ0v) is 10.8. The molecule has 2 aromatic rings. The highest BCUT2D eigenvalue weighted by Gasteiger charge is 2.48. The van der Waals surface area contributed by atoms with Crippen molar-refractivity contribution in [3.63, 3.8) is 0 Å². The van der Waals surface area contributed by atoms with Crippen LogP contribution in [-0.2, 0) is 4.79 Å². The van der Waals surface area contributed by atoms with Crippen LogP contribution in [0.25, 0.3) is 11.1 Å². The molecule has 0 atom stereocenters. The Labute approximate surface area is 116 Å². The summed E-state index contributed by atoms with van der Waals surface area (Å²) >= 11 is 0. The van der Waals surface area contributed by atoms with E-state index in [1.165, 1.54) is 0 Å². The van der Waals surface area contributed by atoms with Crippen LogP contribution in [-0.4, -0.2) is 21.7 Å². The molecule has 0 radical (unpaired) electrons. The number of hydrogen-bond acceptors (Lipinski definition) is 3. The number of aromatic hydroxyl groups is 1. The largest absolute Gasteiger partial charge is 0.508 e. The molecule has 102 valence electrons. The average Bonchev–Trinajstić information content (AvgIpc) is 3.19. The lowest BCUT2D eigenvalue weighted by Gasteiger charge is -2.10. The summed E-state index contributed by atoms with van der Waals surface area (Å²) in [6.07, 6.45) is 1.06. The lowest BCUT2D eigenvalue weighted by molar-refractivity contribution is -0.125. The molecule has 0 unspecified atom stereocenters. The zero-order valence-electron chi connectivity index (χ0n) is 10.8. The maximum Gasteiger partial charge on any atom is 0.256 e. The van der Waals surface area contributed by atoms with Crippen LogP contribution in [0.2, 0.25) is 0 Å². The van der Waals surface area contributed by atoms with Gasteiger partial charge in [-0.2, -0.15) is 0 Å². The normalized spacial score (nSPS) is 15.7. The van der Waals surface area contributed by atoms with Gasteiger partial charge < -0.3 is 15.5 Å². The Balaban J connectivity index is 1.76. The number of phenols is 1. The molecule has 3 rings (SSSR count). The van der Waals surface area contributed by atoms with E-state index in [1.54, 1.807) is 30.3 Å². The van der Waals surface area contributed by atoms with Crippen LogP contribution in [0.1, 0.15) is 12.8 Å². The van der Waals surface area contributed by atoms with Gasteiger partial charge in [0.05, 0.1) is 0 Å².